The van der Waals surface area contributed by atoms with E-state index in [1.165, 1.54) is 19.0 Å². The number of nitrogen functional groups attached to an aromatic ring is 1. The number of nitrogens with two attached hydrogens (primary N) is 1. The number of anilines is 1. The summed E-state index contributed by atoms with van der Waals surface area (Å²) in [5, 5.41) is 0. The molecule has 0 aromatic carbocycles. The molecule has 1 heterocycles. The van der Waals surface area contributed by atoms with E-state index < -0.39 is 5.97 Å². The molecule has 0 bridgehead atoms. The fourth-order valence-corrected chi connectivity index (χ4v) is 1.48. The van der Waals surface area contributed by atoms with E-state index in [4.69, 9.17) is 10.5 Å². The Labute approximate surface area is 94.0 Å². The number of hydrogen-bond donors (Lipinski definition) is 1. The molecule has 2 N–H and O–H groups in total. The van der Waals surface area contributed by atoms with Crippen LogP contribution < -0.4 is 5.73 Å². The van der Waals surface area contributed by atoms with Crippen molar-refractivity contribution in [2.75, 3.05) is 12.3 Å². The Hall–Kier alpha value is -1.65. The molecule has 0 spiro atoms. The van der Waals surface area contributed by atoms with Gasteiger partial charge in [0.1, 0.15) is 17.2 Å². The molecule has 1 aliphatic rings. The summed E-state index contributed by atoms with van der Waals surface area (Å²) in [5.41, 5.74) is 5.95. The molecule has 1 fully saturated rings. The van der Waals surface area contributed by atoms with E-state index in [2.05, 4.69) is 9.97 Å². The smallest absolute Gasteiger partial charge is 0.343 e. The van der Waals surface area contributed by atoms with Gasteiger partial charge in [-0.1, -0.05) is 0 Å². The zero-order valence-electron chi connectivity index (χ0n) is 9.27. The van der Waals surface area contributed by atoms with E-state index in [9.17, 15) is 4.79 Å². The molecule has 1 aromatic rings. The van der Waals surface area contributed by atoms with E-state index in [-0.39, 0.29) is 11.4 Å². The highest BCUT2D eigenvalue weighted by Gasteiger charge is 2.23. The van der Waals surface area contributed by atoms with Crippen LogP contribution in [0.3, 0.4) is 0 Å². The molecule has 1 aliphatic carbocycles. The molecule has 16 heavy (non-hydrogen) atoms. The normalized spacial score (nSPS) is 14.8. The number of aromatic nitrogens is 2. The van der Waals surface area contributed by atoms with Gasteiger partial charge in [0.15, 0.2) is 0 Å². The van der Waals surface area contributed by atoms with Crippen molar-refractivity contribution >= 4 is 11.8 Å². The van der Waals surface area contributed by atoms with Crippen molar-refractivity contribution in [3.63, 3.8) is 0 Å². The van der Waals surface area contributed by atoms with Crippen LogP contribution >= 0.6 is 0 Å². The van der Waals surface area contributed by atoms with Crippen LogP contribution in [0.25, 0.3) is 0 Å². The minimum absolute atomic E-state index is 0.212. The first-order valence-electron chi connectivity index (χ1n) is 5.49. The maximum absolute atomic E-state index is 11.4. The number of nitrogens with zero attached hydrogens (tertiary/aromatic N) is 2. The highest BCUT2D eigenvalue weighted by atomic mass is 16.5. The lowest BCUT2D eigenvalue weighted by Gasteiger charge is -2.05. The van der Waals surface area contributed by atoms with Crippen molar-refractivity contribution in [1.82, 2.24) is 9.97 Å². The second kappa shape index (κ2) is 4.47. The van der Waals surface area contributed by atoms with E-state index >= 15 is 0 Å². The zero-order valence-corrected chi connectivity index (χ0v) is 9.27. The van der Waals surface area contributed by atoms with Crippen molar-refractivity contribution < 1.29 is 9.53 Å². The predicted molar refractivity (Wildman–Crippen MR) is 58.8 cm³/mol. The lowest BCUT2D eigenvalue weighted by Crippen LogP contribution is -2.12. The van der Waals surface area contributed by atoms with Crippen LogP contribution in [-0.2, 0) is 11.2 Å². The summed E-state index contributed by atoms with van der Waals surface area (Å²) in [7, 11) is 0. The summed E-state index contributed by atoms with van der Waals surface area (Å²) in [4.78, 5) is 19.7. The minimum atomic E-state index is -0.460. The van der Waals surface area contributed by atoms with E-state index in [0.717, 1.165) is 6.42 Å². The summed E-state index contributed by atoms with van der Waals surface area (Å²) in [6, 6.07) is 0. The quantitative estimate of drug-likeness (QED) is 0.772. The molecule has 0 unspecified atom stereocenters. The average Bonchev–Trinajstić information content (AvgIpc) is 3.02. The third-order valence-corrected chi connectivity index (χ3v) is 2.53. The molecule has 0 atom stereocenters. The number of carbonyl (C=O) groups is 1. The molecular weight excluding hydrogens is 206 g/mol. The number of ether oxygens (including phenoxy) is 1. The number of hydrogen-bond acceptors (Lipinski definition) is 5. The molecule has 0 radical (unpaired) electrons. The molecule has 86 valence electrons. The fourth-order valence-electron chi connectivity index (χ4n) is 1.48. The van der Waals surface area contributed by atoms with Gasteiger partial charge < -0.3 is 10.5 Å². The maximum Gasteiger partial charge on any atom is 0.343 e. The third kappa shape index (κ3) is 2.48. The Morgan fingerprint density at radius 1 is 1.62 bits per heavy atom. The first-order valence-corrected chi connectivity index (χ1v) is 5.49. The third-order valence-electron chi connectivity index (χ3n) is 2.53. The fraction of sp³-hybridized carbons (Fsp3) is 0.545. The molecular formula is C11H15N3O2. The van der Waals surface area contributed by atoms with Gasteiger partial charge in [-0.25, -0.2) is 14.8 Å². The van der Waals surface area contributed by atoms with Gasteiger partial charge in [0.2, 0.25) is 0 Å². The monoisotopic (exact) mass is 221 g/mol. The van der Waals surface area contributed by atoms with Gasteiger partial charge in [-0.3, -0.25) is 0 Å². The second-order valence-electron chi connectivity index (χ2n) is 3.95. The maximum atomic E-state index is 11.4. The summed E-state index contributed by atoms with van der Waals surface area (Å²) in [6.07, 6.45) is 4.79. The Bertz CT molecular complexity index is 402. The van der Waals surface area contributed by atoms with Crippen LogP contribution in [-0.4, -0.2) is 22.5 Å². The first-order chi connectivity index (χ1) is 7.70. The van der Waals surface area contributed by atoms with Crippen LogP contribution in [0.1, 0.15) is 35.9 Å². The predicted octanol–water partition coefficient (Wildman–Crippen LogP) is 1.19. The molecule has 0 aliphatic heterocycles. The van der Waals surface area contributed by atoms with Crippen LogP contribution in [0.2, 0.25) is 0 Å². The van der Waals surface area contributed by atoms with Crippen molar-refractivity contribution in [3.8, 4) is 0 Å². The van der Waals surface area contributed by atoms with Gasteiger partial charge in [-0.2, -0.15) is 0 Å². The average molecular weight is 221 g/mol. The summed E-state index contributed by atoms with van der Waals surface area (Å²) >= 11 is 0. The van der Waals surface area contributed by atoms with Crippen LogP contribution in [0, 0.1) is 5.92 Å². The van der Waals surface area contributed by atoms with Crippen LogP contribution in [0.5, 0.6) is 0 Å². The SMILES string of the molecule is CCOC(=O)c1cnc(CC2CC2)nc1N. The van der Waals surface area contributed by atoms with Crippen molar-refractivity contribution in [3.05, 3.63) is 17.6 Å². The molecule has 5 nitrogen and oxygen atoms in total. The first kappa shape index (κ1) is 10.9. The Balaban J connectivity index is 2.11. The number of esters is 1. The van der Waals surface area contributed by atoms with Gasteiger partial charge in [-0.15, -0.1) is 0 Å². The van der Waals surface area contributed by atoms with Crippen molar-refractivity contribution in [2.24, 2.45) is 5.92 Å². The lowest BCUT2D eigenvalue weighted by molar-refractivity contribution is 0.0526. The van der Waals surface area contributed by atoms with Crippen LogP contribution in [0.15, 0.2) is 6.20 Å². The molecule has 0 amide bonds. The number of carbonyl (C=O) groups excluding carboxylic acids is 1. The summed E-state index contributed by atoms with van der Waals surface area (Å²) in [5.74, 6) is 1.17. The Morgan fingerprint density at radius 2 is 2.38 bits per heavy atom. The van der Waals surface area contributed by atoms with E-state index in [1.807, 2.05) is 0 Å². The summed E-state index contributed by atoms with van der Waals surface area (Å²) < 4.78 is 4.84. The van der Waals surface area contributed by atoms with Gasteiger partial charge in [0.25, 0.3) is 0 Å². The molecule has 1 aromatic heterocycles. The summed E-state index contributed by atoms with van der Waals surface area (Å²) in [6.45, 7) is 2.07. The molecule has 2 rings (SSSR count). The van der Waals surface area contributed by atoms with Gasteiger partial charge in [-0.05, 0) is 25.7 Å². The van der Waals surface area contributed by atoms with E-state index in [0.29, 0.717) is 18.3 Å². The largest absolute Gasteiger partial charge is 0.462 e. The van der Waals surface area contributed by atoms with Gasteiger partial charge >= 0.3 is 5.97 Å². The second-order valence-corrected chi connectivity index (χ2v) is 3.95. The molecule has 1 saturated carbocycles. The zero-order chi connectivity index (χ0) is 11.5. The molecule has 5 heteroatoms. The van der Waals surface area contributed by atoms with Crippen LogP contribution in [0.4, 0.5) is 5.82 Å². The van der Waals surface area contributed by atoms with Crippen molar-refractivity contribution in [2.45, 2.75) is 26.2 Å². The van der Waals surface area contributed by atoms with Gasteiger partial charge in [0.05, 0.1) is 6.61 Å². The highest BCUT2D eigenvalue weighted by molar-refractivity contribution is 5.93. The standard InChI is InChI=1S/C11H15N3O2/c1-2-16-11(15)8-6-13-9(14-10(8)12)5-7-3-4-7/h6-7H,2-5H2,1H3,(H2,12,13,14). The van der Waals surface area contributed by atoms with E-state index in [1.54, 1.807) is 6.92 Å². The Morgan fingerprint density at radius 3 is 2.94 bits per heavy atom. The molecule has 0 saturated heterocycles. The minimum Gasteiger partial charge on any atom is -0.462 e. The number of rotatable bonds is 4. The van der Waals surface area contributed by atoms with Gasteiger partial charge in [0, 0.05) is 12.6 Å². The van der Waals surface area contributed by atoms with Crippen molar-refractivity contribution in [1.29, 1.82) is 0 Å². The highest BCUT2D eigenvalue weighted by Crippen LogP contribution is 2.31. The topological polar surface area (TPSA) is 78.1 Å². The lowest BCUT2D eigenvalue weighted by atomic mass is 10.2. The Kier molecular flexibility index (Phi) is 3.03.